The molecule has 23 heavy (non-hydrogen) atoms. The molecule has 0 aliphatic rings. The number of hydrogen-bond acceptors (Lipinski definition) is 7. The zero-order valence-electron chi connectivity index (χ0n) is 12.9. The van der Waals surface area contributed by atoms with Gasteiger partial charge in [0.05, 0.1) is 11.0 Å². The maximum Gasteiger partial charge on any atom is 0.288 e. The minimum Gasteiger partial charge on any atom is -0.376 e. The summed E-state index contributed by atoms with van der Waals surface area (Å²) in [5.74, 6) is 0. The fourth-order valence-corrected chi connectivity index (χ4v) is 3.77. The van der Waals surface area contributed by atoms with Crippen molar-refractivity contribution in [1.29, 1.82) is 0 Å². The summed E-state index contributed by atoms with van der Waals surface area (Å²) in [4.78, 5) is 15.5. The van der Waals surface area contributed by atoms with E-state index in [1.165, 1.54) is 18.2 Å². The van der Waals surface area contributed by atoms with Crippen molar-refractivity contribution in [2.45, 2.75) is 31.2 Å². The van der Waals surface area contributed by atoms with Crippen molar-refractivity contribution < 1.29 is 13.3 Å². The quantitative estimate of drug-likeness (QED) is 0.630. The molecule has 1 atom stereocenters. The molecule has 0 bridgehead atoms. The fraction of sp³-hybridized carbons (Fsp3) is 0.357. The minimum atomic E-state index is -3.70. The van der Waals surface area contributed by atoms with Crippen molar-refractivity contribution in [3.63, 3.8) is 0 Å². The first-order valence-electron chi connectivity index (χ1n) is 6.92. The molecule has 0 radical (unpaired) electrons. The first kappa shape index (κ1) is 17.4. The third-order valence-electron chi connectivity index (χ3n) is 3.23. The van der Waals surface area contributed by atoms with Crippen molar-refractivity contribution in [1.82, 2.24) is 4.98 Å². The van der Waals surface area contributed by atoms with Gasteiger partial charge in [-0.3, -0.25) is 10.1 Å². The predicted octanol–water partition coefficient (Wildman–Crippen LogP) is 3.19. The zero-order valence-corrected chi connectivity index (χ0v) is 14.6. The normalized spacial score (nSPS) is 12.8. The third kappa shape index (κ3) is 4.05. The van der Waals surface area contributed by atoms with Crippen LogP contribution in [0.1, 0.15) is 29.8 Å². The Morgan fingerprint density at radius 3 is 2.65 bits per heavy atom. The van der Waals surface area contributed by atoms with Crippen LogP contribution in [0.25, 0.3) is 0 Å². The molecule has 0 aliphatic carbocycles. The van der Waals surface area contributed by atoms with Gasteiger partial charge < -0.3 is 5.32 Å². The van der Waals surface area contributed by atoms with E-state index in [-0.39, 0.29) is 10.9 Å². The molecular weight excluding hydrogens is 338 g/mol. The average molecular weight is 355 g/mol. The van der Waals surface area contributed by atoms with Gasteiger partial charge in [-0.2, -0.15) is 0 Å². The summed E-state index contributed by atoms with van der Waals surface area (Å²) in [6.07, 6.45) is 3.67. The lowest BCUT2D eigenvalue weighted by Gasteiger charge is -2.13. The number of anilines is 1. The Balaban J connectivity index is 2.32. The highest BCUT2D eigenvalue weighted by Gasteiger charge is 2.23. The zero-order chi connectivity index (χ0) is 17.2. The number of sulfone groups is 1. The van der Waals surface area contributed by atoms with E-state index in [1.54, 1.807) is 11.3 Å². The molecule has 1 aromatic carbocycles. The first-order chi connectivity index (χ1) is 10.7. The number of rotatable bonds is 6. The van der Waals surface area contributed by atoms with E-state index in [0.717, 1.165) is 22.6 Å². The molecule has 0 amide bonds. The van der Waals surface area contributed by atoms with Crippen LogP contribution in [-0.4, -0.2) is 24.6 Å². The largest absolute Gasteiger partial charge is 0.376 e. The van der Waals surface area contributed by atoms with E-state index in [4.69, 9.17) is 0 Å². The predicted molar refractivity (Wildman–Crippen MR) is 89.7 cm³/mol. The van der Waals surface area contributed by atoms with Crippen LogP contribution in [0, 0.1) is 10.1 Å². The third-order valence-corrected chi connectivity index (χ3v) is 5.68. The highest BCUT2D eigenvalue weighted by Crippen LogP contribution is 2.29. The molecule has 1 unspecified atom stereocenters. The Hall–Kier alpha value is -2.00. The fourth-order valence-electron chi connectivity index (χ4n) is 2.05. The average Bonchev–Trinajstić information content (AvgIpc) is 2.95. The molecule has 1 heterocycles. The second-order valence-corrected chi connectivity index (χ2v) is 8.23. The van der Waals surface area contributed by atoms with E-state index in [1.807, 2.05) is 20.0 Å². The maximum atomic E-state index is 11.8. The number of benzene rings is 1. The molecule has 0 fully saturated rings. The maximum absolute atomic E-state index is 11.8. The van der Waals surface area contributed by atoms with Gasteiger partial charge in [-0.1, -0.05) is 6.92 Å². The van der Waals surface area contributed by atoms with Crippen LogP contribution in [0.4, 0.5) is 11.4 Å². The van der Waals surface area contributed by atoms with Gasteiger partial charge in [0.1, 0.15) is 9.90 Å². The van der Waals surface area contributed by atoms with Crippen molar-refractivity contribution >= 4 is 32.5 Å². The summed E-state index contributed by atoms with van der Waals surface area (Å²) in [5, 5.41) is 15.0. The first-order valence-corrected chi connectivity index (χ1v) is 9.62. The number of thiazole rings is 1. The second kappa shape index (κ2) is 6.63. The van der Waals surface area contributed by atoms with Gasteiger partial charge in [0, 0.05) is 29.1 Å². The van der Waals surface area contributed by atoms with Gasteiger partial charge in [-0.25, -0.2) is 13.4 Å². The Labute approximate surface area is 138 Å². The summed E-state index contributed by atoms with van der Waals surface area (Å²) in [6.45, 7) is 3.95. The minimum absolute atomic E-state index is 0.130. The van der Waals surface area contributed by atoms with Crippen molar-refractivity contribution in [2.75, 3.05) is 11.6 Å². The monoisotopic (exact) mass is 355 g/mol. The van der Waals surface area contributed by atoms with Crippen molar-refractivity contribution in [3.8, 4) is 0 Å². The van der Waals surface area contributed by atoms with Crippen LogP contribution in [0.5, 0.6) is 0 Å². The Morgan fingerprint density at radius 2 is 2.13 bits per heavy atom. The number of nitrogens with zero attached hydrogens (tertiary/aromatic N) is 2. The SMILES string of the molecule is CCc1cnc(C(C)Nc2ccc([N+](=O)[O-])c(S(C)(=O)=O)c2)s1. The van der Waals surface area contributed by atoms with Crippen LogP contribution in [0.15, 0.2) is 29.3 Å². The lowest BCUT2D eigenvalue weighted by Crippen LogP contribution is -2.08. The van der Waals surface area contributed by atoms with Crippen molar-refractivity contribution in [3.05, 3.63) is 44.4 Å². The summed E-state index contributed by atoms with van der Waals surface area (Å²) >= 11 is 1.58. The van der Waals surface area contributed by atoms with E-state index >= 15 is 0 Å². The molecule has 2 aromatic rings. The molecule has 7 nitrogen and oxygen atoms in total. The van der Waals surface area contributed by atoms with E-state index in [0.29, 0.717) is 5.69 Å². The topological polar surface area (TPSA) is 102 Å². The number of nitro groups is 1. The van der Waals surface area contributed by atoms with Gasteiger partial charge in [0.2, 0.25) is 0 Å². The lowest BCUT2D eigenvalue weighted by atomic mass is 10.2. The Morgan fingerprint density at radius 1 is 1.43 bits per heavy atom. The summed E-state index contributed by atoms with van der Waals surface area (Å²) in [5.41, 5.74) is 0.0741. The van der Waals surface area contributed by atoms with Crippen LogP contribution in [-0.2, 0) is 16.3 Å². The molecule has 0 saturated carbocycles. The van der Waals surface area contributed by atoms with Crippen LogP contribution < -0.4 is 5.32 Å². The van der Waals surface area contributed by atoms with Gasteiger partial charge in [0.15, 0.2) is 9.84 Å². The van der Waals surface area contributed by atoms with Gasteiger partial charge in [-0.15, -0.1) is 11.3 Å². The Kier molecular flexibility index (Phi) is 5.00. The van der Waals surface area contributed by atoms with Gasteiger partial charge >= 0.3 is 0 Å². The molecule has 124 valence electrons. The van der Waals surface area contributed by atoms with Crippen LogP contribution in [0.2, 0.25) is 0 Å². The number of aromatic nitrogens is 1. The van der Waals surface area contributed by atoms with E-state index < -0.39 is 20.4 Å². The second-order valence-electron chi connectivity index (χ2n) is 5.10. The van der Waals surface area contributed by atoms with E-state index in [9.17, 15) is 18.5 Å². The Bertz CT molecular complexity index is 830. The molecule has 9 heteroatoms. The number of nitrogens with one attached hydrogen (secondary N) is 1. The summed E-state index contributed by atoms with van der Waals surface area (Å²) in [7, 11) is -3.70. The highest BCUT2D eigenvalue weighted by molar-refractivity contribution is 7.90. The molecule has 1 aromatic heterocycles. The molecule has 0 spiro atoms. The van der Waals surface area contributed by atoms with Crippen molar-refractivity contribution in [2.24, 2.45) is 0 Å². The molecular formula is C14H17N3O4S2. The van der Waals surface area contributed by atoms with E-state index in [2.05, 4.69) is 10.3 Å². The molecule has 2 rings (SSSR count). The number of aryl methyl sites for hydroxylation is 1. The number of hydrogen-bond donors (Lipinski definition) is 1. The smallest absolute Gasteiger partial charge is 0.288 e. The van der Waals surface area contributed by atoms with Gasteiger partial charge in [0.25, 0.3) is 5.69 Å². The standard InChI is InChI=1S/C14H17N3O4S2/c1-4-11-8-15-14(22-11)9(2)16-10-5-6-12(17(18)19)13(7-10)23(3,20)21/h5-9,16H,4H2,1-3H3. The number of nitro benzene ring substituents is 1. The highest BCUT2D eigenvalue weighted by atomic mass is 32.2. The van der Waals surface area contributed by atoms with Gasteiger partial charge in [-0.05, 0) is 25.5 Å². The lowest BCUT2D eigenvalue weighted by molar-refractivity contribution is -0.387. The molecule has 1 N–H and O–H groups in total. The van der Waals surface area contributed by atoms with Crippen LogP contribution in [0.3, 0.4) is 0 Å². The molecule has 0 saturated heterocycles. The summed E-state index contributed by atoms with van der Waals surface area (Å²) in [6, 6.07) is 3.86. The van der Waals surface area contributed by atoms with Crippen LogP contribution >= 0.6 is 11.3 Å². The molecule has 0 aliphatic heterocycles. The summed E-state index contributed by atoms with van der Waals surface area (Å²) < 4.78 is 23.5.